The summed E-state index contributed by atoms with van der Waals surface area (Å²) in [6, 6.07) is 62.2. The van der Waals surface area contributed by atoms with Crippen LogP contribution in [0.3, 0.4) is 0 Å². The summed E-state index contributed by atoms with van der Waals surface area (Å²) >= 11 is 0. The Balaban J connectivity index is 1.10. The standard InChI is InChI=1S/C49H31N3O/c1-2-13-31(14-3-1)47-50-48(34-25-24-30-12-4-5-15-32(30)28-34)52-49(51-47)42-22-11-23-44-45(42)41-21-10-20-35(46(41)53-44)33-26-27-40-38-18-7-6-16-36(38)37-17-8-9-19-39(37)43(40)29-33/h1-29,48H,(H,50,51,52). The van der Waals surface area contributed by atoms with Gasteiger partial charge in [-0.15, -0.1) is 0 Å². The van der Waals surface area contributed by atoms with Crippen molar-refractivity contribution >= 4 is 76.7 Å². The third-order valence-corrected chi connectivity index (χ3v) is 10.7. The minimum absolute atomic E-state index is 0.324. The van der Waals surface area contributed by atoms with Crippen molar-refractivity contribution in [2.75, 3.05) is 0 Å². The van der Waals surface area contributed by atoms with E-state index in [9.17, 15) is 0 Å². The minimum Gasteiger partial charge on any atom is -0.455 e. The zero-order valence-corrected chi connectivity index (χ0v) is 28.6. The van der Waals surface area contributed by atoms with E-state index in [1.165, 1.54) is 43.1 Å². The van der Waals surface area contributed by atoms with E-state index >= 15 is 0 Å². The van der Waals surface area contributed by atoms with Crippen LogP contribution in [0.5, 0.6) is 0 Å². The lowest BCUT2D eigenvalue weighted by molar-refractivity contribution is 0.669. The van der Waals surface area contributed by atoms with Crippen LogP contribution < -0.4 is 5.32 Å². The van der Waals surface area contributed by atoms with Gasteiger partial charge in [0, 0.05) is 27.5 Å². The van der Waals surface area contributed by atoms with E-state index < -0.39 is 0 Å². The van der Waals surface area contributed by atoms with E-state index in [-0.39, 0.29) is 6.17 Å². The molecule has 0 radical (unpaired) electrons. The summed E-state index contributed by atoms with van der Waals surface area (Å²) in [5.74, 6) is 1.46. The molecule has 1 atom stereocenters. The van der Waals surface area contributed by atoms with Gasteiger partial charge in [-0.1, -0.05) is 158 Å². The maximum atomic E-state index is 6.79. The molecule has 1 aliphatic heterocycles. The van der Waals surface area contributed by atoms with Crippen LogP contribution in [0.15, 0.2) is 190 Å². The van der Waals surface area contributed by atoms with E-state index in [0.29, 0.717) is 5.84 Å². The highest BCUT2D eigenvalue weighted by molar-refractivity contribution is 6.26. The van der Waals surface area contributed by atoms with Gasteiger partial charge in [-0.2, -0.15) is 0 Å². The lowest BCUT2D eigenvalue weighted by Gasteiger charge is -2.24. The second kappa shape index (κ2) is 11.8. The maximum absolute atomic E-state index is 6.79. The Bertz CT molecular complexity index is 3120. The van der Waals surface area contributed by atoms with Crippen molar-refractivity contribution in [3.05, 3.63) is 193 Å². The van der Waals surface area contributed by atoms with Crippen LogP contribution in [0.25, 0.3) is 76.2 Å². The van der Waals surface area contributed by atoms with Crippen molar-refractivity contribution in [2.45, 2.75) is 6.17 Å². The predicted molar refractivity (Wildman–Crippen MR) is 221 cm³/mol. The second-order valence-corrected chi connectivity index (χ2v) is 13.7. The van der Waals surface area contributed by atoms with Gasteiger partial charge >= 0.3 is 0 Å². The van der Waals surface area contributed by atoms with Crippen molar-refractivity contribution < 1.29 is 4.42 Å². The lowest BCUT2D eigenvalue weighted by atomic mass is 9.91. The summed E-state index contributed by atoms with van der Waals surface area (Å²) in [4.78, 5) is 10.5. The first-order chi connectivity index (χ1) is 26.3. The zero-order chi connectivity index (χ0) is 34.9. The molecule has 53 heavy (non-hydrogen) atoms. The first-order valence-corrected chi connectivity index (χ1v) is 18.0. The van der Waals surface area contributed by atoms with Crippen LogP contribution in [0.1, 0.15) is 22.9 Å². The number of fused-ring (bicyclic) bond motifs is 10. The average Bonchev–Trinajstić information content (AvgIpc) is 3.63. The highest BCUT2D eigenvalue weighted by atomic mass is 16.3. The molecule has 0 spiro atoms. The number of para-hydroxylation sites is 1. The summed E-state index contributed by atoms with van der Waals surface area (Å²) < 4.78 is 6.79. The van der Waals surface area contributed by atoms with Crippen molar-refractivity contribution in [3.8, 4) is 11.1 Å². The third kappa shape index (κ3) is 4.77. The quantitative estimate of drug-likeness (QED) is 0.189. The monoisotopic (exact) mass is 677 g/mol. The predicted octanol–water partition coefficient (Wildman–Crippen LogP) is 12.4. The minimum atomic E-state index is -0.324. The Hall–Kier alpha value is -7.04. The van der Waals surface area contributed by atoms with Crippen LogP contribution in [0.2, 0.25) is 0 Å². The molecule has 0 aliphatic carbocycles. The Morgan fingerprint density at radius 3 is 1.89 bits per heavy atom. The van der Waals surface area contributed by atoms with Crippen molar-refractivity contribution in [3.63, 3.8) is 0 Å². The Morgan fingerprint density at radius 2 is 1.09 bits per heavy atom. The van der Waals surface area contributed by atoms with Gasteiger partial charge in [0.2, 0.25) is 0 Å². The number of hydrogen-bond acceptors (Lipinski definition) is 4. The topological polar surface area (TPSA) is 49.9 Å². The number of benzene rings is 9. The van der Waals surface area contributed by atoms with E-state index in [2.05, 4.69) is 151 Å². The fraction of sp³-hybridized carbons (Fsp3) is 0.0204. The fourth-order valence-electron chi connectivity index (χ4n) is 8.20. The molecule has 0 saturated carbocycles. The molecule has 2 heterocycles. The molecule has 10 aromatic rings. The van der Waals surface area contributed by atoms with Gasteiger partial charge < -0.3 is 9.73 Å². The van der Waals surface area contributed by atoms with Crippen molar-refractivity contribution in [1.29, 1.82) is 0 Å². The van der Waals surface area contributed by atoms with Gasteiger partial charge in [-0.05, 0) is 72.4 Å². The largest absolute Gasteiger partial charge is 0.455 e. The summed E-state index contributed by atoms with van der Waals surface area (Å²) in [7, 11) is 0. The maximum Gasteiger partial charge on any atom is 0.160 e. The van der Waals surface area contributed by atoms with Gasteiger partial charge in [-0.3, -0.25) is 0 Å². The first kappa shape index (κ1) is 29.7. The van der Waals surface area contributed by atoms with Gasteiger partial charge in [0.1, 0.15) is 23.2 Å². The fourth-order valence-corrected chi connectivity index (χ4v) is 8.20. The van der Waals surface area contributed by atoms with Crippen LogP contribution >= 0.6 is 0 Å². The second-order valence-electron chi connectivity index (χ2n) is 13.7. The van der Waals surface area contributed by atoms with Gasteiger partial charge in [-0.25, -0.2) is 9.98 Å². The van der Waals surface area contributed by atoms with E-state index in [4.69, 9.17) is 14.4 Å². The van der Waals surface area contributed by atoms with Gasteiger partial charge in [0.25, 0.3) is 0 Å². The summed E-state index contributed by atoms with van der Waals surface area (Å²) in [5.41, 5.74) is 6.86. The van der Waals surface area contributed by atoms with Crippen LogP contribution in [0.4, 0.5) is 0 Å². The number of amidine groups is 2. The Kier molecular flexibility index (Phi) is 6.58. The van der Waals surface area contributed by atoms with Crippen molar-refractivity contribution in [1.82, 2.24) is 5.32 Å². The first-order valence-electron chi connectivity index (χ1n) is 18.0. The molecule has 9 aromatic carbocycles. The number of rotatable bonds is 4. The van der Waals surface area contributed by atoms with Gasteiger partial charge in [0.15, 0.2) is 5.84 Å². The molecule has 0 saturated heterocycles. The molecule has 11 rings (SSSR count). The van der Waals surface area contributed by atoms with Crippen molar-refractivity contribution in [2.24, 2.45) is 9.98 Å². The molecule has 4 nitrogen and oxygen atoms in total. The Morgan fingerprint density at radius 1 is 0.453 bits per heavy atom. The van der Waals surface area contributed by atoms with E-state index in [1.54, 1.807) is 0 Å². The molecule has 1 unspecified atom stereocenters. The third-order valence-electron chi connectivity index (χ3n) is 10.7. The van der Waals surface area contributed by atoms with Gasteiger partial charge in [0.05, 0.1) is 0 Å². The van der Waals surface area contributed by atoms with Crippen LogP contribution in [0, 0.1) is 0 Å². The molecular formula is C49H31N3O. The van der Waals surface area contributed by atoms with Crippen LogP contribution in [-0.4, -0.2) is 11.7 Å². The summed E-state index contributed by atoms with van der Waals surface area (Å²) in [5, 5.41) is 15.6. The summed E-state index contributed by atoms with van der Waals surface area (Å²) in [6.45, 7) is 0. The molecule has 1 aliphatic rings. The SMILES string of the molecule is c1ccc(C2=NC(c3cccc4oc5c(-c6ccc7c8ccccc8c8ccccc8c7c6)cccc5c34)=NC(c3ccc4ccccc4c3)N2)cc1. The van der Waals surface area contributed by atoms with Crippen LogP contribution in [-0.2, 0) is 0 Å². The number of nitrogens with one attached hydrogen (secondary N) is 1. The Labute approximate surface area is 305 Å². The average molecular weight is 678 g/mol. The number of furan rings is 1. The molecule has 248 valence electrons. The van der Waals surface area contributed by atoms with E-state index in [1.807, 2.05) is 30.3 Å². The highest BCUT2D eigenvalue weighted by Gasteiger charge is 2.24. The number of aliphatic imine (C=N–C) groups is 2. The van der Waals surface area contributed by atoms with E-state index in [0.717, 1.165) is 55.6 Å². The molecule has 0 bridgehead atoms. The molecular weight excluding hydrogens is 647 g/mol. The zero-order valence-electron chi connectivity index (χ0n) is 28.6. The normalized spacial score (nSPS) is 14.6. The smallest absolute Gasteiger partial charge is 0.160 e. The molecule has 1 aromatic heterocycles. The molecule has 0 fully saturated rings. The molecule has 1 N–H and O–H groups in total. The number of nitrogens with zero attached hydrogens (tertiary/aromatic N) is 2. The lowest BCUT2D eigenvalue weighted by Crippen LogP contribution is -2.33. The highest BCUT2D eigenvalue weighted by Crippen LogP contribution is 2.41. The molecule has 4 heteroatoms. The number of hydrogen-bond donors (Lipinski definition) is 1. The molecule has 0 amide bonds. The summed E-state index contributed by atoms with van der Waals surface area (Å²) in [6.07, 6.45) is -0.324.